The predicted octanol–water partition coefficient (Wildman–Crippen LogP) is 3.55. The number of hydrogen-bond acceptors (Lipinski definition) is 5. The predicted molar refractivity (Wildman–Crippen MR) is 116 cm³/mol. The van der Waals surface area contributed by atoms with E-state index in [4.69, 9.17) is 9.15 Å². The second-order valence-electron chi connectivity index (χ2n) is 8.69. The Balaban J connectivity index is 1.09. The summed E-state index contributed by atoms with van der Waals surface area (Å²) in [6, 6.07) is 9.70. The molecule has 2 aliphatic heterocycles. The van der Waals surface area contributed by atoms with Crippen LogP contribution in [-0.2, 0) is 11.3 Å². The zero-order valence-electron chi connectivity index (χ0n) is 17.9. The number of halogens is 1. The Hall–Kier alpha value is -2.97. The fourth-order valence-corrected chi connectivity index (χ4v) is 4.66. The maximum atomic E-state index is 13.1. The number of hydrogen-bond donors (Lipinski definition) is 1. The van der Waals surface area contributed by atoms with Crippen LogP contribution in [-0.4, -0.2) is 51.9 Å². The third-order valence-corrected chi connectivity index (χ3v) is 6.47. The van der Waals surface area contributed by atoms with Crippen molar-refractivity contribution in [2.75, 3.05) is 19.6 Å². The molecule has 7 nitrogen and oxygen atoms in total. The number of piperidine rings is 1. The first-order chi connectivity index (χ1) is 15.6. The number of carbonyl (C=O) groups excluding carboxylic acids is 1. The topological polar surface area (TPSA) is 72.5 Å². The number of carbonyl (C=O) groups is 1. The Labute approximate surface area is 186 Å². The highest BCUT2D eigenvalue weighted by Gasteiger charge is 2.42. The molecule has 1 spiro atoms. The van der Waals surface area contributed by atoms with Gasteiger partial charge in [-0.2, -0.15) is 5.10 Å². The highest BCUT2D eigenvalue weighted by atomic mass is 19.1. The summed E-state index contributed by atoms with van der Waals surface area (Å²) in [6.07, 6.45) is 9.39. The van der Waals surface area contributed by atoms with Crippen LogP contribution >= 0.6 is 0 Å². The highest BCUT2D eigenvalue weighted by Crippen LogP contribution is 2.39. The SMILES string of the molecule is O=C(NC[C@H]1CCC2(CCN(Cc3cnn(-c4ccc(F)cc4)c3)CC2)O1)c1ccco1. The minimum absolute atomic E-state index is 0.0504. The van der Waals surface area contributed by atoms with Gasteiger partial charge in [0.1, 0.15) is 5.82 Å². The lowest BCUT2D eigenvalue weighted by atomic mass is 9.88. The van der Waals surface area contributed by atoms with Crippen molar-refractivity contribution in [3.8, 4) is 5.69 Å². The number of rotatable bonds is 6. The van der Waals surface area contributed by atoms with Gasteiger partial charge in [0.05, 0.1) is 29.9 Å². The first-order valence-corrected chi connectivity index (χ1v) is 11.1. The number of furan rings is 1. The zero-order chi connectivity index (χ0) is 22.0. The third-order valence-electron chi connectivity index (χ3n) is 6.47. The van der Waals surface area contributed by atoms with E-state index in [1.54, 1.807) is 28.9 Å². The lowest BCUT2D eigenvalue weighted by molar-refractivity contribution is -0.0764. The second kappa shape index (κ2) is 8.88. The summed E-state index contributed by atoms with van der Waals surface area (Å²) in [6.45, 7) is 3.27. The molecule has 0 radical (unpaired) electrons. The van der Waals surface area contributed by atoms with Gasteiger partial charge in [0, 0.05) is 37.9 Å². The number of benzene rings is 1. The van der Waals surface area contributed by atoms with Crippen molar-refractivity contribution in [1.29, 1.82) is 0 Å². The summed E-state index contributed by atoms with van der Waals surface area (Å²) in [5.74, 6) is -0.121. The Morgan fingerprint density at radius 2 is 2.00 bits per heavy atom. The van der Waals surface area contributed by atoms with Gasteiger partial charge < -0.3 is 14.5 Å². The molecule has 2 saturated heterocycles. The number of ether oxygens (including phenoxy) is 1. The van der Waals surface area contributed by atoms with Crippen LogP contribution < -0.4 is 5.32 Å². The molecule has 1 amide bonds. The lowest BCUT2D eigenvalue weighted by Crippen LogP contribution is -2.44. The lowest BCUT2D eigenvalue weighted by Gasteiger charge is -2.39. The minimum atomic E-state index is -0.250. The summed E-state index contributed by atoms with van der Waals surface area (Å²) in [4.78, 5) is 14.5. The molecular formula is C24H27FN4O3. The molecule has 1 N–H and O–H groups in total. The molecule has 1 aromatic carbocycles. The van der Waals surface area contributed by atoms with Crippen LogP contribution in [0.3, 0.4) is 0 Å². The number of nitrogens with zero attached hydrogens (tertiary/aromatic N) is 3. The van der Waals surface area contributed by atoms with E-state index in [9.17, 15) is 9.18 Å². The Morgan fingerprint density at radius 3 is 2.75 bits per heavy atom. The summed E-state index contributed by atoms with van der Waals surface area (Å²) < 4.78 is 26.5. The van der Waals surface area contributed by atoms with E-state index in [2.05, 4.69) is 15.3 Å². The van der Waals surface area contributed by atoms with E-state index in [1.807, 2.05) is 12.4 Å². The molecule has 0 saturated carbocycles. The second-order valence-corrected chi connectivity index (χ2v) is 8.69. The molecule has 1 atom stereocenters. The van der Waals surface area contributed by atoms with Gasteiger partial charge in [-0.05, 0) is 62.1 Å². The van der Waals surface area contributed by atoms with E-state index >= 15 is 0 Å². The number of nitrogens with one attached hydrogen (secondary N) is 1. The molecule has 168 valence electrons. The molecule has 5 rings (SSSR count). The van der Waals surface area contributed by atoms with Crippen molar-refractivity contribution in [2.24, 2.45) is 0 Å². The number of likely N-dealkylation sites (tertiary alicyclic amines) is 1. The molecule has 0 bridgehead atoms. The van der Waals surface area contributed by atoms with Crippen molar-refractivity contribution in [3.05, 3.63) is 72.2 Å². The molecule has 0 aliphatic carbocycles. The van der Waals surface area contributed by atoms with Crippen molar-refractivity contribution in [2.45, 2.75) is 43.9 Å². The first-order valence-electron chi connectivity index (χ1n) is 11.1. The van der Waals surface area contributed by atoms with Crippen LogP contribution in [0.5, 0.6) is 0 Å². The van der Waals surface area contributed by atoms with Crippen LogP contribution in [0, 0.1) is 5.82 Å². The number of amides is 1. The monoisotopic (exact) mass is 438 g/mol. The van der Waals surface area contributed by atoms with Gasteiger partial charge in [0.25, 0.3) is 5.91 Å². The van der Waals surface area contributed by atoms with Crippen LogP contribution in [0.4, 0.5) is 4.39 Å². The molecule has 32 heavy (non-hydrogen) atoms. The van der Waals surface area contributed by atoms with Gasteiger partial charge in [0.15, 0.2) is 5.76 Å². The quantitative estimate of drug-likeness (QED) is 0.637. The van der Waals surface area contributed by atoms with Gasteiger partial charge in [-0.15, -0.1) is 0 Å². The van der Waals surface area contributed by atoms with Gasteiger partial charge in [-0.3, -0.25) is 9.69 Å². The maximum absolute atomic E-state index is 13.1. The largest absolute Gasteiger partial charge is 0.459 e. The van der Waals surface area contributed by atoms with Gasteiger partial charge in [-0.1, -0.05) is 0 Å². The van der Waals surface area contributed by atoms with E-state index in [0.717, 1.165) is 56.6 Å². The maximum Gasteiger partial charge on any atom is 0.287 e. The molecule has 0 unspecified atom stereocenters. The first kappa shape index (κ1) is 20.9. The summed E-state index contributed by atoms with van der Waals surface area (Å²) in [5.41, 5.74) is 1.91. The molecule has 2 fully saturated rings. The smallest absolute Gasteiger partial charge is 0.287 e. The average Bonchev–Trinajstić information content (AvgIpc) is 3.56. The summed E-state index contributed by atoms with van der Waals surface area (Å²) >= 11 is 0. The standard InChI is InChI=1S/C24H27FN4O3/c25-19-3-5-20(6-4-19)29-17-18(14-27-29)16-28-11-9-24(10-12-28)8-7-21(32-24)15-26-23(30)22-2-1-13-31-22/h1-6,13-14,17,21H,7-12,15-16H2,(H,26,30)/t21-/m1/s1. The molecular weight excluding hydrogens is 411 g/mol. The molecule has 2 aromatic heterocycles. The van der Waals surface area contributed by atoms with Crippen LogP contribution in [0.2, 0.25) is 0 Å². The van der Waals surface area contributed by atoms with Gasteiger partial charge >= 0.3 is 0 Å². The van der Waals surface area contributed by atoms with E-state index < -0.39 is 0 Å². The van der Waals surface area contributed by atoms with Crippen molar-refractivity contribution in [1.82, 2.24) is 20.0 Å². The Kier molecular flexibility index (Phi) is 5.80. The third kappa shape index (κ3) is 4.61. The van der Waals surface area contributed by atoms with Gasteiger partial charge in [0.2, 0.25) is 0 Å². The van der Waals surface area contributed by atoms with E-state index in [-0.39, 0.29) is 23.4 Å². The minimum Gasteiger partial charge on any atom is -0.459 e. The Morgan fingerprint density at radius 1 is 1.19 bits per heavy atom. The molecule has 4 heterocycles. The number of aromatic nitrogens is 2. The normalized spacial score (nSPS) is 20.6. The van der Waals surface area contributed by atoms with Crippen LogP contribution in [0.25, 0.3) is 5.69 Å². The van der Waals surface area contributed by atoms with Crippen molar-refractivity contribution in [3.63, 3.8) is 0 Å². The van der Waals surface area contributed by atoms with Crippen molar-refractivity contribution >= 4 is 5.91 Å². The fourth-order valence-electron chi connectivity index (χ4n) is 4.66. The molecule has 8 heteroatoms. The van der Waals surface area contributed by atoms with Crippen LogP contribution in [0.1, 0.15) is 41.8 Å². The highest BCUT2D eigenvalue weighted by molar-refractivity contribution is 5.91. The average molecular weight is 439 g/mol. The molecule has 3 aromatic rings. The Bertz CT molecular complexity index is 1040. The molecule has 2 aliphatic rings. The van der Waals surface area contributed by atoms with Crippen molar-refractivity contribution < 1.29 is 18.3 Å². The fraction of sp³-hybridized carbons (Fsp3) is 0.417. The zero-order valence-corrected chi connectivity index (χ0v) is 17.9. The summed E-state index contributed by atoms with van der Waals surface area (Å²) in [7, 11) is 0. The summed E-state index contributed by atoms with van der Waals surface area (Å²) in [5, 5.41) is 7.33. The van der Waals surface area contributed by atoms with E-state index in [0.29, 0.717) is 12.3 Å². The van der Waals surface area contributed by atoms with E-state index in [1.165, 1.54) is 18.4 Å². The van der Waals surface area contributed by atoms with Gasteiger partial charge in [-0.25, -0.2) is 9.07 Å². The van der Waals surface area contributed by atoms with Crippen LogP contribution in [0.15, 0.2) is 59.5 Å².